The molecule has 3 aliphatic rings. The van der Waals surface area contributed by atoms with Crippen molar-refractivity contribution in [1.82, 2.24) is 4.90 Å². The van der Waals surface area contributed by atoms with E-state index in [9.17, 15) is 4.79 Å². The molecule has 0 aromatic heterocycles. The molecule has 1 saturated heterocycles. The van der Waals surface area contributed by atoms with Crippen LogP contribution in [0.2, 0.25) is 0 Å². The van der Waals surface area contributed by atoms with Crippen molar-refractivity contribution >= 4 is 5.91 Å². The minimum absolute atomic E-state index is 0.200. The van der Waals surface area contributed by atoms with E-state index in [0.717, 1.165) is 51.0 Å². The van der Waals surface area contributed by atoms with Crippen molar-refractivity contribution in [2.24, 2.45) is 23.5 Å². The fraction of sp³-hybridized carbons (Fsp3) is 0.933. The van der Waals surface area contributed by atoms with Crippen LogP contribution in [0.25, 0.3) is 0 Å². The van der Waals surface area contributed by atoms with E-state index < -0.39 is 0 Å². The molecule has 2 saturated carbocycles. The molecule has 1 aliphatic heterocycles. The largest absolute Gasteiger partial charge is 0.381 e. The summed E-state index contributed by atoms with van der Waals surface area (Å²) in [5.41, 5.74) is 6.24. The zero-order valence-corrected chi connectivity index (χ0v) is 11.7. The smallest absolute Gasteiger partial charge is 0.239 e. The number of nitrogens with two attached hydrogens (primary N) is 1. The molecule has 19 heavy (non-hydrogen) atoms. The summed E-state index contributed by atoms with van der Waals surface area (Å²) < 4.78 is 5.36. The highest BCUT2D eigenvalue weighted by atomic mass is 16.5. The average molecular weight is 266 g/mol. The molecule has 0 radical (unpaired) electrons. The summed E-state index contributed by atoms with van der Waals surface area (Å²) in [6.07, 6.45) is 7.05. The third-order valence-corrected chi connectivity index (χ3v) is 4.72. The van der Waals surface area contributed by atoms with Gasteiger partial charge in [-0.25, -0.2) is 0 Å². The zero-order valence-electron chi connectivity index (χ0n) is 11.7. The Morgan fingerprint density at radius 3 is 2.05 bits per heavy atom. The van der Waals surface area contributed by atoms with Crippen LogP contribution in [-0.4, -0.2) is 43.2 Å². The lowest BCUT2D eigenvalue weighted by Crippen LogP contribution is -2.50. The molecule has 0 aromatic rings. The van der Waals surface area contributed by atoms with Gasteiger partial charge >= 0.3 is 0 Å². The van der Waals surface area contributed by atoms with Gasteiger partial charge < -0.3 is 15.4 Å². The Morgan fingerprint density at radius 2 is 1.58 bits per heavy atom. The number of carbonyl (C=O) groups excluding carboxylic acids is 1. The Kier molecular flexibility index (Phi) is 4.08. The van der Waals surface area contributed by atoms with Crippen LogP contribution in [0.3, 0.4) is 0 Å². The molecular formula is C15H26N2O2. The van der Waals surface area contributed by atoms with Crippen LogP contribution in [0.1, 0.15) is 38.5 Å². The second-order valence-electron chi connectivity index (χ2n) is 6.61. The molecule has 108 valence electrons. The van der Waals surface area contributed by atoms with Crippen LogP contribution < -0.4 is 5.73 Å². The van der Waals surface area contributed by atoms with Gasteiger partial charge in [0.25, 0.3) is 0 Å². The summed E-state index contributed by atoms with van der Waals surface area (Å²) in [5.74, 6) is 2.03. The van der Waals surface area contributed by atoms with Crippen molar-refractivity contribution in [1.29, 1.82) is 0 Å². The highest BCUT2D eigenvalue weighted by molar-refractivity contribution is 5.82. The van der Waals surface area contributed by atoms with Gasteiger partial charge in [0.1, 0.15) is 0 Å². The predicted molar refractivity (Wildman–Crippen MR) is 73.5 cm³/mol. The number of ether oxygens (including phenoxy) is 1. The highest BCUT2D eigenvalue weighted by Gasteiger charge is 2.35. The average Bonchev–Trinajstić information content (AvgIpc) is 3.32. The van der Waals surface area contributed by atoms with Gasteiger partial charge in [0.2, 0.25) is 5.91 Å². The van der Waals surface area contributed by atoms with E-state index in [2.05, 4.69) is 4.90 Å². The van der Waals surface area contributed by atoms with Gasteiger partial charge in [0.05, 0.1) is 6.04 Å². The minimum Gasteiger partial charge on any atom is -0.381 e. The fourth-order valence-corrected chi connectivity index (χ4v) is 2.97. The van der Waals surface area contributed by atoms with E-state index in [-0.39, 0.29) is 11.9 Å². The van der Waals surface area contributed by atoms with Crippen LogP contribution in [0.4, 0.5) is 0 Å². The molecule has 3 rings (SSSR count). The number of hydrogen-bond acceptors (Lipinski definition) is 3. The van der Waals surface area contributed by atoms with Crippen molar-refractivity contribution in [3.05, 3.63) is 0 Å². The topological polar surface area (TPSA) is 55.6 Å². The van der Waals surface area contributed by atoms with Gasteiger partial charge in [-0.2, -0.15) is 0 Å². The van der Waals surface area contributed by atoms with Gasteiger partial charge in [-0.05, 0) is 56.3 Å². The van der Waals surface area contributed by atoms with Crippen LogP contribution in [0.15, 0.2) is 0 Å². The van der Waals surface area contributed by atoms with Crippen molar-refractivity contribution in [2.45, 2.75) is 44.6 Å². The third kappa shape index (κ3) is 3.69. The summed E-state index contributed by atoms with van der Waals surface area (Å²) in [5, 5.41) is 0. The molecule has 0 bridgehead atoms. The third-order valence-electron chi connectivity index (χ3n) is 4.72. The van der Waals surface area contributed by atoms with Gasteiger partial charge in [-0.1, -0.05) is 0 Å². The summed E-state index contributed by atoms with van der Waals surface area (Å²) in [6, 6.07) is -0.304. The number of hydrogen-bond donors (Lipinski definition) is 1. The summed E-state index contributed by atoms with van der Waals surface area (Å²) >= 11 is 0. The first-order valence-electron chi connectivity index (χ1n) is 7.86. The van der Waals surface area contributed by atoms with Crippen molar-refractivity contribution in [2.75, 3.05) is 26.3 Å². The second-order valence-corrected chi connectivity index (χ2v) is 6.61. The highest BCUT2D eigenvalue weighted by Crippen LogP contribution is 2.34. The molecule has 2 aliphatic carbocycles. The summed E-state index contributed by atoms with van der Waals surface area (Å²) in [6.45, 7) is 3.42. The Labute approximate surface area is 115 Å². The number of rotatable bonds is 6. The number of nitrogens with zero attached hydrogens (tertiary/aromatic N) is 1. The lowest BCUT2D eigenvalue weighted by Gasteiger charge is -2.31. The number of amides is 1. The molecule has 1 atom stereocenters. The fourth-order valence-electron chi connectivity index (χ4n) is 2.97. The van der Waals surface area contributed by atoms with E-state index in [1.807, 2.05) is 0 Å². The molecule has 4 heteroatoms. The van der Waals surface area contributed by atoms with E-state index in [1.54, 1.807) is 0 Å². The Hall–Kier alpha value is -0.610. The van der Waals surface area contributed by atoms with Gasteiger partial charge in [-0.3, -0.25) is 4.79 Å². The van der Waals surface area contributed by atoms with Crippen LogP contribution in [0.5, 0.6) is 0 Å². The maximum atomic E-state index is 12.6. The molecule has 3 fully saturated rings. The zero-order chi connectivity index (χ0) is 13.2. The normalized spacial score (nSPS) is 26.2. The van der Waals surface area contributed by atoms with Gasteiger partial charge in [-0.15, -0.1) is 0 Å². The predicted octanol–water partition coefficient (Wildman–Crippen LogP) is 1.39. The second kappa shape index (κ2) is 5.80. The van der Waals surface area contributed by atoms with Gasteiger partial charge in [0, 0.05) is 26.3 Å². The summed E-state index contributed by atoms with van der Waals surface area (Å²) in [7, 11) is 0. The van der Waals surface area contributed by atoms with E-state index in [4.69, 9.17) is 10.5 Å². The molecular weight excluding hydrogens is 240 g/mol. The minimum atomic E-state index is -0.304. The van der Waals surface area contributed by atoms with E-state index in [0.29, 0.717) is 5.92 Å². The van der Waals surface area contributed by atoms with Crippen LogP contribution in [0, 0.1) is 17.8 Å². The maximum Gasteiger partial charge on any atom is 0.239 e. The molecule has 1 amide bonds. The Balaban J connectivity index is 1.56. The first-order chi connectivity index (χ1) is 9.24. The van der Waals surface area contributed by atoms with E-state index >= 15 is 0 Å². The number of carbonyl (C=O) groups is 1. The Bertz CT molecular complexity index is 306. The quantitative estimate of drug-likeness (QED) is 0.790. The maximum absolute atomic E-state index is 12.6. The monoisotopic (exact) mass is 266 g/mol. The van der Waals surface area contributed by atoms with Crippen LogP contribution >= 0.6 is 0 Å². The molecule has 0 aromatic carbocycles. The van der Waals surface area contributed by atoms with Crippen molar-refractivity contribution < 1.29 is 9.53 Å². The van der Waals surface area contributed by atoms with Crippen molar-refractivity contribution in [3.8, 4) is 0 Å². The Morgan fingerprint density at radius 1 is 1.05 bits per heavy atom. The van der Waals surface area contributed by atoms with Crippen molar-refractivity contribution in [3.63, 3.8) is 0 Å². The standard InChI is InChI=1S/C15H26N2O2/c16-14(13-5-7-19-8-6-13)15(18)17(9-11-1-2-11)10-12-3-4-12/h11-14H,1-10,16H2. The first kappa shape index (κ1) is 13.4. The SMILES string of the molecule is NC(C(=O)N(CC1CC1)CC1CC1)C1CCOCC1. The van der Waals surface area contributed by atoms with Gasteiger partial charge in [0.15, 0.2) is 0 Å². The lowest BCUT2D eigenvalue weighted by molar-refractivity contribution is -0.135. The summed E-state index contributed by atoms with van der Waals surface area (Å²) in [4.78, 5) is 14.7. The molecule has 4 nitrogen and oxygen atoms in total. The molecule has 1 unspecified atom stereocenters. The first-order valence-corrected chi connectivity index (χ1v) is 7.86. The molecule has 1 heterocycles. The lowest BCUT2D eigenvalue weighted by atomic mass is 9.91. The molecule has 0 spiro atoms. The van der Waals surface area contributed by atoms with E-state index in [1.165, 1.54) is 25.7 Å². The molecule has 2 N–H and O–H groups in total. The van der Waals surface area contributed by atoms with Crippen LogP contribution in [-0.2, 0) is 9.53 Å².